The standard InChI is InChI=1S/C23H18BrNO4/c1-15-2-4-17(5-3-15)22(27)25-20-12-8-18(9-13-20)23(28)29-14-21(26)16-6-10-19(24)11-7-16/h2-13H,14H2,1H3,(H,25,27). The number of carbonyl (C=O) groups excluding carboxylic acids is 3. The highest BCUT2D eigenvalue weighted by Gasteiger charge is 2.12. The summed E-state index contributed by atoms with van der Waals surface area (Å²) in [6.45, 7) is 1.61. The second kappa shape index (κ2) is 9.30. The molecule has 1 N–H and O–H groups in total. The van der Waals surface area contributed by atoms with Crippen LogP contribution in [0.15, 0.2) is 77.3 Å². The number of esters is 1. The summed E-state index contributed by atoms with van der Waals surface area (Å²) in [5, 5.41) is 2.77. The third kappa shape index (κ3) is 5.62. The molecular formula is C23H18BrNO4. The van der Waals surface area contributed by atoms with Gasteiger partial charge >= 0.3 is 5.97 Å². The van der Waals surface area contributed by atoms with Crippen molar-refractivity contribution in [3.63, 3.8) is 0 Å². The average molecular weight is 452 g/mol. The Morgan fingerprint density at radius 2 is 1.34 bits per heavy atom. The minimum atomic E-state index is -0.605. The van der Waals surface area contributed by atoms with Crippen LogP contribution in [-0.4, -0.2) is 24.3 Å². The highest BCUT2D eigenvalue weighted by atomic mass is 79.9. The van der Waals surface area contributed by atoms with Crippen molar-refractivity contribution in [1.82, 2.24) is 0 Å². The van der Waals surface area contributed by atoms with E-state index in [1.54, 1.807) is 48.5 Å². The van der Waals surface area contributed by atoms with Crippen molar-refractivity contribution >= 4 is 39.3 Å². The maximum atomic E-state index is 12.2. The Morgan fingerprint density at radius 1 is 0.793 bits per heavy atom. The molecule has 0 saturated heterocycles. The van der Waals surface area contributed by atoms with Gasteiger partial charge in [0.25, 0.3) is 5.91 Å². The predicted molar refractivity (Wildman–Crippen MR) is 114 cm³/mol. The van der Waals surface area contributed by atoms with Gasteiger partial charge < -0.3 is 10.1 Å². The molecule has 3 rings (SSSR count). The first-order chi connectivity index (χ1) is 13.9. The summed E-state index contributed by atoms with van der Waals surface area (Å²) >= 11 is 3.30. The Balaban J connectivity index is 1.55. The zero-order valence-electron chi connectivity index (χ0n) is 15.6. The lowest BCUT2D eigenvalue weighted by molar-refractivity contribution is 0.0475. The third-order valence-corrected chi connectivity index (χ3v) is 4.72. The van der Waals surface area contributed by atoms with Gasteiger partial charge in [-0.1, -0.05) is 45.8 Å². The highest BCUT2D eigenvalue weighted by molar-refractivity contribution is 9.10. The van der Waals surface area contributed by atoms with Crippen LogP contribution < -0.4 is 5.32 Å². The number of anilines is 1. The number of carbonyl (C=O) groups is 3. The Hall–Kier alpha value is -3.25. The van der Waals surface area contributed by atoms with E-state index in [2.05, 4.69) is 21.2 Å². The van der Waals surface area contributed by atoms with Crippen molar-refractivity contribution in [2.75, 3.05) is 11.9 Å². The molecule has 146 valence electrons. The minimum absolute atomic E-state index is 0.236. The molecule has 0 spiro atoms. The van der Waals surface area contributed by atoms with E-state index in [1.165, 1.54) is 12.1 Å². The van der Waals surface area contributed by atoms with Crippen LogP contribution in [0.5, 0.6) is 0 Å². The molecule has 0 aliphatic heterocycles. The molecule has 0 fully saturated rings. The van der Waals surface area contributed by atoms with Gasteiger partial charge in [-0.05, 0) is 55.5 Å². The van der Waals surface area contributed by atoms with Gasteiger partial charge in [-0.2, -0.15) is 0 Å². The van der Waals surface area contributed by atoms with Crippen LogP contribution in [0.1, 0.15) is 36.6 Å². The van der Waals surface area contributed by atoms with Crippen LogP contribution in [-0.2, 0) is 4.74 Å². The fraction of sp³-hybridized carbons (Fsp3) is 0.0870. The lowest BCUT2D eigenvalue weighted by Crippen LogP contribution is -2.15. The molecule has 0 unspecified atom stereocenters. The van der Waals surface area contributed by atoms with Gasteiger partial charge in [-0.15, -0.1) is 0 Å². The Kier molecular flexibility index (Phi) is 6.57. The maximum Gasteiger partial charge on any atom is 0.338 e. The van der Waals surface area contributed by atoms with Gasteiger partial charge in [0, 0.05) is 21.3 Å². The third-order valence-electron chi connectivity index (χ3n) is 4.19. The normalized spacial score (nSPS) is 10.3. The van der Waals surface area contributed by atoms with E-state index in [0.29, 0.717) is 22.4 Å². The van der Waals surface area contributed by atoms with Gasteiger partial charge in [-0.25, -0.2) is 4.79 Å². The molecule has 0 saturated carbocycles. The molecule has 1 amide bonds. The first kappa shape index (κ1) is 20.5. The van der Waals surface area contributed by atoms with E-state index < -0.39 is 5.97 Å². The lowest BCUT2D eigenvalue weighted by Gasteiger charge is -2.07. The lowest BCUT2D eigenvalue weighted by atomic mass is 10.1. The molecule has 29 heavy (non-hydrogen) atoms. The highest BCUT2D eigenvalue weighted by Crippen LogP contribution is 2.14. The molecule has 0 aliphatic rings. The molecule has 0 atom stereocenters. The monoisotopic (exact) mass is 451 g/mol. The first-order valence-electron chi connectivity index (χ1n) is 8.86. The van der Waals surface area contributed by atoms with E-state index in [-0.39, 0.29) is 18.3 Å². The number of ketones is 1. The largest absolute Gasteiger partial charge is 0.454 e. The number of halogens is 1. The quantitative estimate of drug-likeness (QED) is 0.420. The van der Waals surface area contributed by atoms with Crippen molar-refractivity contribution in [3.8, 4) is 0 Å². The maximum absolute atomic E-state index is 12.2. The van der Waals surface area contributed by atoms with Crippen LogP contribution in [0.4, 0.5) is 5.69 Å². The number of rotatable bonds is 6. The van der Waals surface area contributed by atoms with Crippen LogP contribution in [0, 0.1) is 6.92 Å². The van der Waals surface area contributed by atoms with Gasteiger partial charge in [0.05, 0.1) is 5.56 Å². The van der Waals surface area contributed by atoms with Crippen LogP contribution >= 0.6 is 15.9 Å². The average Bonchev–Trinajstić information content (AvgIpc) is 2.73. The van der Waals surface area contributed by atoms with Gasteiger partial charge in [0.2, 0.25) is 0 Å². The Bertz CT molecular complexity index is 1030. The van der Waals surface area contributed by atoms with E-state index in [4.69, 9.17) is 4.74 Å². The summed E-state index contributed by atoms with van der Waals surface area (Å²) in [4.78, 5) is 36.5. The zero-order chi connectivity index (χ0) is 20.8. The molecular weight excluding hydrogens is 434 g/mol. The molecule has 0 aromatic heterocycles. The summed E-state index contributed by atoms with van der Waals surface area (Å²) in [5.41, 5.74) is 2.93. The molecule has 3 aromatic rings. The summed E-state index contributed by atoms with van der Waals surface area (Å²) in [5.74, 6) is -1.12. The minimum Gasteiger partial charge on any atom is -0.454 e. The van der Waals surface area contributed by atoms with Crippen molar-refractivity contribution in [3.05, 3.63) is 99.5 Å². The van der Waals surface area contributed by atoms with Crippen LogP contribution in [0.3, 0.4) is 0 Å². The van der Waals surface area contributed by atoms with Crippen molar-refractivity contribution in [1.29, 1.82) is 0 Å². The van der Waals surface area contributed by atoms with Crippen LogP contribution in [0.2, 0.25) is 0 Å². The van der Waals surface area contributed by atoms with E-state index >= 15 is 0 Å². The van der Waals surface area contributed by atoms with Gasteiger partial charge in [-0.3, -0.25) is 9.59 Å². The molecule has 0 bridgehead atoms. The second-order valence-electron chi connectivity index (χ2n) is 6.40. The zero-order valence-corrected chi connectivity index (χ0v) is 17.2. The number of aryl methyl sites for hydroxylation is 1. The second-order valence-corrected chi connectivity index (χ2v) is 7.32. The van der Waals surface area contributed by atoms with E-state index in [9.17, 15) is 14.4 Å². The molecule has 3 aromatic carbocycles. The number of nitrogens with one attached hydrogen (secondary N) is 1. The molecule has 0 aliphatic carbocycles. The van der Waals surface area contributed by atoms with Gasteiger partial charge in [0.15, 0.2) is 12.4 Å². The van der Waals surface area contributed by atoms with Crippen molar-refractivity contribution in [2.45, 2.75) is 6.92 Å². The summed E-state index contributed by atoms with van der Waals surface area (Å²) in [7, 11) is 0. The topological polar surface area (TPSA) is 72.5 Å². The van der Waals surface area contributed by atoms with E-state index in [1.807, 2.05) is 19.1 Å². The van der Waals surface area contributed by atoms with Gasteiger partial charge in [0.1, 0.15) is 0 Å². The number of hydrogen-bond acceptors (Lipinski definition) is 4. The number of amides is 1. The molecule has 5 nitrogen and oxygen atoms in total. The number of ether oxygens (including phenoxy) is 1. The van der Waals surface area contributed by atoms with E-state index in [0.717, 1.165) is 10.0 Å². The Morgan fingerprint density at radius 3 is 1.97 bits per heavy atom. The number of Topliss-reactive ketones (excluding diaryl/α,β-unsaturated/α-hetero) is 1. The Labute approximate surface area is 176 Å². The fourth-order valence-electron chi connectivity index (χ4n) is 2.53. The molecule has 6 heteroatoms. The summed E-state index contributed by atoms with van der Waals surface area (Å²) in [6, 6.07) is 20.3. The molecule has 0 radical (unpaired) electrons. The SMILES string of the molecule is Cc1ccc(C(=O)Nc2ccc(C(=O)OCC(=O)c3ccc(Br)cc3)cc2)cc1. The van der Waals surface area contributed by atoms with Crippen molar-refractivity contribution < 1.29 is 19.1 Å². The number of hydrogen-bond donors (Lipinski definition) is 1. The fourth-order valence-corrected chi connectivity index (χ4v) is 2.80. The first-order valence-corrected chi connectivity index (χ1v) is 9.65. The number of benzene rings is 3. The van der Waals surface area contributed by atoms with Crippen molar-refractivity contribution in [2.24, 2.45) is 0 Å². The summed E-state index contributed by atoms with van der Waals surface area (Å²) < 4.78 is 5.95. The smallest absolute Gasteiger partial charge is 0.338 e. The summed E-state index contributed by atoms with van der Waals surface area (Å²) in [6.07, 6.45) is 0. The predicted octanol–water partition coefficient (Wildman–Crippen LogP) is 5.05. The van der Waals surface area contributed by atoms with Crippen LogP contribution in [0.25, 0.3) is 0 Å². The molecule has 0 heterocycles.